The number of carbonyl (C=O) groups is 1. The number of ketones is 1. The van der Waals surface area contributed by atoms with Crippen LogP contribution in [0.15, 0.2) is 54.6 Å². The molecule has 2 atom stereocenters. The van der Waals surface area contributed by atoms with E-state index in [9.17, 15) is 9.90 Å². The van der Waals surface area contributed by atoms with Crippen LogP contribution in [0, 0.1) is 11.3 Å². The first-order valence-corrected chi connectivity index (χ1v) is 5.73. The van der Waals surface area contributed by atoms with Crippen LogP contribution in [0.1, 0.15) is 17.3 Å². The fourth-order valence-electron chi connectivity index (χ4n) is 2.09. The predicted molar refractivity (Wildman–Crippen MR) is 67.7 cm³/mol. The summed E-state index contributed by atoms with van der Waals surface area (Å²) in [6, 6.07) is 9.22. The summed E-state index contributed by atoms with van der Waals surface area (Å²) in [5.74, 6) is -0.234. The minimum absolute atomic E-state index is 0.0307. The number of hydrogen-bond donors (Lipinski definition) is 1. The third-order valence-corrected chi connectivity index (χ3v) is 3.28. The highest BCUT2D eigenvalue weighted by Crippen LogP contribution is 2.34. The molecule has 1 aromatic rings. The second-order valence-electron chi connectivity index (χ2n) is 4.62. The van der Waals surface area contributed by atoms with Crippen molar-refractivity contribution in [2.45, 2.75) is 6.92 Å². The van der Waals surface area contributed by atoms with Crippen molar-refractivity contribution in [3.05, 3.63) is 60.2 Å². The summed E-state index contributed by atoms with van der Waals surface area (Å²) in [7, 11) is 0. The van der Waals surface area contributed by atoms with Crippen LogP contribution in [0.25, 0.3) is 0 Å². The molecule has 0 radical (unpaired) electrons. The molecule has 2 rings (SSSR count). The molecular formula is C15H16O2. The van der Waals surface area contributed by atoms with Crippen LogP contribution in [0.2, 0.25) is 0 Å². The topological polar surface area (TPSA) is 37.3 Å². The van der Waals surface area contributed by atoms with Gasteiger partial charge in [-0.3, -0.25) is 4.79 Å². The van der Waals surface area contributed by atoms with Gasteiger partial charge in [0, 0.05) is 11.0 Å². The van der Waals surface area contributed by atoms with Crippen molar-refractivity contribution >= 4 is 5.78 Å². The van der Waals surface area contributed by atoms with E-state index in [0.29, 0.717) is 5.56 Å². The molecule has 1 aliphatic rings. The zero-order valence-electron chi connectivity index (χ0n) is 9.84. The van der Waals surface area contributed by atoms with Crippen molar-refractivity contribution in [3.63, 3.8) is 0 Å². The quantitative estimate of drug-likeness (QED) is 0.807. The van der Waals surface area contributed by atoms with Crippen molar-refractivity contribution in [1.29, 1.82) is 0 Å². The summed E-state index contributed by atoms with van der Waals surface area (Å²) < 4.78 is 0. The van der Waals surface area contributed by atoms with E-state index in [4.69, 9.17) is 0 Å². The number of aliphatic hydroxyl groups is 1. The highest BCUT2D eigenvalue weighted by molar-refractivity contribution is 5.99. The molecule has 2 unspecified atom stereocenters. The maximum absolute atomic E-state index is 12.4. The van der Waals surface area contributed by atoms with Crippen molar-refractivity contribution < 1.29 is 9.90 Å². The molecule has 2 nitrogen and oxygen atoms in total. The molecule has 1 aromatic carbocycles. The smallest absolute Gasteiger partial charge is 0.170 e. The van der Waals surface area contributed by atoms with E-state index in [-0.39, 0.29) is 18.3 Å². The molecule has 1 aliphatic carbocycles. The van der Waals surface area contributed by atoms with E-state index in [1.54, 1.807) is 0 Å². The Labute approximate surface area is 101 Å². The Kier molecular flexibility index (Phi) is 3.25. The Hall–Kier alpha value is -1.67. The molecule has 0 saturated heterocycles. The number of allylic oxidation sites excluding steroid dienone is 3. The molecule has 0 amide bonds. The van der Waals surface area contributed by atoms with Crippen LogP contribution >= 0.6 is 0 Å². The normalized spacial score (nSPS) is 27.1. The molecule has 88 valence electrons. The SMILES string of the molecule is CC1(CO)C=CC=CC1C(=O)c1ccccc1. The van der Waals surface area contributed by atoms with Gasteiger partial charge in [-0.25, -0.2) is 0 Å². The molecule has 0 fully saturated rings. The zero-order valence-corrected chi connectivity index (χ0v) is 9.84. The van der Waals surface area contributed by atoms with Crippen LogP contribution in [0.3, 0.4) is 0 Å². The fraction of sp³-hybridized carbons (Fsp3) is 0.267. The number of hydrogen-bond acceptors (Lipinski definition) is 2. The lowest BCUT2D eigenvalue weighted by Crippen LogP contribution is -2.35. The Balaban J connectivity index is 2.31. The second-order valence-corrected chi connectivity index (χ2v) is 4.62. The number of rotatable bonds is 3. The molecule has 2 heteroatoms. The van der Waals surface area contributed by atoms with Crippen LogP contribution in [0.4, 0.5) is 0 Å². The maximum Gasteiger partial charge on any atom is 0.170 e. The predicted octanol–water partition coefficient (Wildman–Crippen LogP) is 2.61. The molecule has 0 bridgehead atoms. The molecule has 0 saturated carbocycles. The van der Waals surface area contributed by atoms with Gasteiger partial charge in [0.25, 0.3) is 0 Å². The van der Waals surface area contributed by atoms with Gasteiger partial charge >= 0.3 is 0 Å². The van der Waals surface area contributed by atoms with E-state index in [2.05, 4.69) is 0 Å². The fourth-order valence-corrected chi connectivity index (χ4v) is 2.09. The standard InChI is InChI=1S/C15H16O2/c1-15(11-16)10-6-5-9-13(15)14(17)12-7-3-2-4-8-12/h2-10,13,16H,11H2,1H3. The van der Waals surface area contributed by atoms with E-state index >= 15 is 0 Å². The van der Waals surface area contributed by atoms with Gasteiger partial charge in [-0.15, -0.1) is 0 Å². The first kappa shape index (κ1) is 11.8. The lowest BCUT2D eigenvalue weighted by molar-refractivity contribution is 0.0788. The van der Waals surface area contributed by atoms with Crippen molar-refractivity contribution in [2.75, 3.05) is 6.61 Å². The van der Waals surface area contributed by atoms with Gasteiger partial charge in [-0.1, -0.05) is 61.6 Å². The first-order chi connectivity index (χ1) is 8.17. The summed E-state index contributed by atoms with van der Waals surface area (Å²) in [4.78, 5) is 12.4. The van der Waals surface area contributed by atoms with Crippen LogP contribution in [0.5, 0.6) is 0 Å². The number of aliphatic hydroxyl groups excluding tert-OH is 1. The van der Waals surface area contributed by atoms with Gasteiger partial charge < -0.3 is 5.11 Å². The summed E-state index contributed by atoms with van der Waals surface area (Å²) in [5, 5.41) is 9.48. The zero-order chi connectivity index (χ0) is 12.3. The van der Waals surface area contributed by atoms with E-state index in [0.717, 1.165) is 0 Å². The highest BCUT2D eigenvalue weighted by Gasteiger charge is 2.36. The molecule has 0 spiro atoms. The van der Waals surface area contributed by atoms with Gasteiger partial charge in [0.15, 0.2) is 5.78 Å². The number of Topliss-reactive ketones (excluding diaryl/α,β-unsaturated/α-hetero) is 1. The molecule has 17 heavy (non-hydrogen) atoms. The first-order valence-electron chi connectivity index (χ1n) is 5.73. The minimum Gasteiger partial charge on any atom is -0.395 e. The summed E-state index contributed by atoms with van der Waals surface area (Å²) in [5.41, 5.74) is 0.193. The molecule has 0 aromatic heterocycles. The van der Waals surface area contributed by atoms with E-state index in [1.165, 1.54) is 0 Å². The Morgan fingerprint density at radius 1 is 1.29 bits per heavy atom. The van der Waals surface area contributed by atoms with Gasteiger partial charge in [0.2, 0.25) is 0 Å². The third kappa shape index (κ3) is 2.22. The average molecular weight is 228 g/mol. The third-order valence-electron chi connectivity index (χ3n) is 3.28. The molecule has 1 N–H and O–H groups in total. The summed E-state index contributed by atoms with van der Waals surface area (Å²) >= 11 is 0. The van der Waals surface area contributed by atoms with Gasteiger partial charge in [-0.2, -0.15) is 0 Å². The molecule has 0 aliphatic heterocycles. The van der Waals surface area contributed by atoms with Crippen LogP contribution in [-0.2, 0) is 0 Å². The number of benzene rings is 1. The van der Waals surface area contributed by atoms with Gasteiger partial charge in [-0.05, 0) is 0 Å². The maximum atomic E-state index is 12.4. The van der Waals surface area contributed by atoms with Crippen molar-refractivity contribution in [3.8, 4) is 0 Å². The average Bonchev–Trinajstić information content (AvgIpc) is 2.39. The van der Waals surface area contributed by atoms with Gasteiger partial charge in [0.05, 0.1) is 12.5 Å². The van der Waals surface area contributed by atoms with Crippen LogP contribution in [-0.4, -0.2) is 17.5 Å². The summed E-state index contributed by atoms with van der Waals surface area (Å²) in [6.45, 7) is 1.87. The number of carbonyl (C=O) groups excluding carboxylic acids is 1. The Morgan fingerprint density at radius 3 is 2.65 bits per heavy atom. The monoisotopic (exact) mass is 228 g/mol. The van der Waals surface area contributed by atoms with Crippen molar-refractivity contribution in [2.24, 2.45) is 11.3 Å². The summed E-state index contributed by atoms with van der Waals surface area (Å²) in [6.07, 6.45) is 7.51. The largest absolute Gasteiger partial charge is 0.395 e. The van der Waals surface area contributed by atoms with Crippen molar-refractivity contribution in [1.82, 2.24) is 0 Å². The molecular weight excluding hydrogens is 212 g/mol. The molecule has 0 heterocycles. The Morgan fingerprint density at radius 2 is 2.00 bits per heavy atom. The van der Waals surface area contributed by atoms with E-state index < -0.39 is 5.41 Å². The second kappa shape index (κ2) is 4.68. The van der Waals surface area contributed by atoms with Crippen LogP contribution < -0.4 is 0 Å². The lowest BCUT2D eigenvalue weighted by atomic mass is 9.71. The Bertz CT molecular complexity index is 459. The minimum atomic E-state index is -0.498. The lowest BCUT2D eigenvalue weighted by Gasteiger charge is -2.32. The van der Waals surface area contributed by atoms with E-state index in [1.807, 2.05) is 61.6 Å². The highest BCUT2D eigenvalue weighted by atomic mass is 16.3. The van der Waals surface area contributed by atoms with Gasteiger partial charge in [0.1, 0.15) is 0 Å².